The van der Waals surface area contributed by atoms with Crippen molar-refractivity contribution in [2.45, 2.75) is 50.7 Å². The Bertz CT molecular complexity index is 1110. The summed E-state index contributed by atoms with van der Waals surface area (Å²) >= 11 is 0. The average Bonchev–Trinajstić information content (AvgIpc) is 3.33. The van der Waals surface area contributed by atoms with E-state index in [1.54, 1.807) is 13.0 Å². The molecule has 3 N–H and O–H groups in total. The Labute approximate surface area is 193 Å². The maximum Gasteiger partial charge on any atom is 0.279 e. The molecular weight excluding hydrogens is 446 g/mol. The Kier molecular flexibility index (Phi) is 8.06. The van der Waals surface area contributed by atoms with Crippen LogP contribution in [0.15, 0.2) is 47.4 Å². The molecule has 2 unspecified atom stereocenters. The van der Waals surface area contributed by atoms with Crippen molar-refractivity contribution < 1.29 is 27.5 Å². The van der Waals surface area contributed by atoms with Crippen LogP contribution in [-0.4, -0.2) is 45.6 Å². The Morgan fingerprint density at radius 2 is 1.91 bits per heavy atom. The van der Waals surface area contributed by atoms with Gasteiger partial charge in [0.15, 0.2) is 6.10 Å². The third-order valence-corrected chi connectivity index (χ3v) is 6.88. The molecule has 0 radical (unpaired) electrons. The third-order valence-electron chi connectivity index (χ3n) is 5.46. The van der Waals surface area contributed by atoms with Crippen molar-refractivity contribution in [2.75, 3.05) is 13.2 Å². The normalized spacial score (nSPS) is 16.8. The molecule has 1 heterocycles. The van der Waals surface area contributed by atoms with Crippen LogP contribution in [0.3, 0.4) is 0 Å². The van der Waals surface area contributed by atoms with Gasteiger partial charge in [0.05, 0.1) is 11.0 Å². The van der Waals surface area contributed by atoms with Gasteiger partial charge in [0.1, 0.15) is 5.75 Å². The van der Waals surface area contributed by atoms with Crippen molar-refractivity contribution in [3.8, 4) is 5.75 Å². The second-order valence-electron chi connectivity index (χ2n) is 7.92. The van der Waals surface area contributed by atoms with E-state index in [0.717, 1.165) is 24.0 Å². The molecule has 10 heteroatoms. The number of hydrogen-bond donors (Lipinski definition) is 3. The number of aryl methyl sites for hydroxylation is 1. The lowest BCUT2D eigenvalue weighted by Crippen LogP contribution is -2.47. The Balaban J connectivity index is 1.56. The second kappa shape index (κ2) is 10.8. The lowest BCUT2D eigenvalue weighted by molar-refractivity contribution is -0.128. The molecule has 2 atom stereocenters. The van der Waals surface area contributed by atoms with Gasteiger partial charge in [-0.2, -0.15) is 0 Å². The molecule has 1 aliphatic rings. The minimum absolute atomic E-state index is 0.0499. The molecule has 0 aliphatic carbocycles. The van der Waals surface area contributed by atoms with Gasteiger partial charge in [-0.1, -0.05) is 18.2 Å². The van der Waals surface area contributed by atoms with Crippen LogP contribution in [0.2, 0.25) is 0 Å². The highest BCUT2D eigenvalue weighted by Crippen LogP contribution is 2.21. The van der Waals surface area contributed by atoms with Gasteiger partial charge in [-0.25, -0.2) is 13.1 Å². The van der Waals surface area contributed by atoms with E-state index in [4.69, 9.17) is 9.47 Å². The van der Waals surface area contributed by atoms with E-state index in [2.05, 4.69) is 15.6 Å². The molecule has 178 valence electrons. The average molecular weight is 476 g/mol. The molecule has 2 aromatic rings. The van der Waals surface area contributed by atoms with Gasteiger partial charge in [0.25, 0.3) is 11.8 Å². The van der Waals surface area contributed by atoms with Gasteiger partial charge in [0, 0.05) is 18.7 Å². The van der Waals surface area contributed by atoms with Gasteiger partial charge < -0.3 is 9.47 Å². The van der Waals surface area contributed by atoms with Crippen LogP contribution in [0.5, 0.6) is 5.75 Å². The zero-order valence-corrected chi connectivity index (χ0v) is 19.7. The Morgan fingerprint density at radius 1 is 1.15 bits per heavy atom. The summed E-state index contributed by atoms with van der Waals surface area (Å²) in [4.78, 5) is 24.8. The summed E-state index contributed by atoms with van der Waals surface area (Å²) in [6, 6.07) is 11.1. The molecule has 0 aromatic heterocycles. The largest absolute Gasteiger partial charge is 0.481 e. The molecule has 0 bridgehead atoms. The lowest BCUT2D eigenvalue weighted by Gasteiger charge is -2.17. The number of carbonyl (C=O) groups is 2. The summed E-state index contributed by atoms with van der Waals surface area (Å²) in [5.74, 6) is -0.623. The van der Waals surface area contributed by atoms with Crippen molar-refractivity contribution in [1.29, 1.82) is 0 Å². The maximum atomic E-state index is 12.6. The molecule has 0 saturated carbocycles. The second-order valence-corrected chi connectivity index (χ2v) is 9.68. The predicted molar refractivity (Wildman–Crippen MR) is 122 cm³/mol. The number of nitrogens with one attached hydrogen (secondary N) is 3. The zero-order valence-electron chi connectivity index (χ0n) is 18.9. The summed E-state index contributed by atoms with van der Waals surface area (Å²) in [7, 11) is -3.81. The van der Waals surface area contributed by atoms with E-state index >= 15 is 0 Å². The topological polar surface area (TPSA) is 123 Å². The molecule has 1 fully saturated rings. The van der Waals surface area contributed by atoms with Crippen LogP contribution >= 0.6 is 0 Å². The minimum atomic E-state index is -3.81. The van der Waals surface area contributed by atoms with Crippen molar-refractivity contribution >= 4 is 21.8 Å². The summed E-state index contributed by atoms with van der Waals surface area (Å²) in [5, 5.41) is 0. The van der Waals surface area contributed by atoms with E-state index in [9.17, 15) is 18.0 Å². The van der Waals surface area contributed by atoms with Crippen molar-refractivity contribution in [1.82, 2.24) is 15.6 Å². The van der Waals surface area contributed by atoms with Crippen LogP contribution in [0.4, 0.5) is 0 Å². The van der Waals surface area contributed by atoms with Gasteiger partial charge in [-0.05, 0) is 69.0 Å². The fourth-order valence-corrected chi connectivity index (χ4v) is 4.40. The molecule has 1 aliphatic heterocycles. The number of amides is 2. The number of ether oxygens (including phenoxy) is 2. The van der Waals surface area contributed by atoms with Crippen molar-refractivity contribution in [2.24, 2.45) is 0 Å². The number of rotatable bonds is 8. The molecule has 33 heavy (non-hydrogen) atoms. The van der Waals surface area contributed by atoms with Crippen LogP contribution in [0.1, 0.15) is 41.3 Å². The fraction of sp³-hybridized carbons (Fsp3) is 0.391. The van der Waals surface area contributed by atoms with Crippen LogP contribution in [0.25, 0.3) is 0 Å². The van der Waals surface area contributed by atoms with E-state index in [-0.39, 0.29) is 23.1 Å². The minimum Gasteiger partial charge on any atom is -0.481 e. The highest BCUT2D eigenvalue weighted by Gasteiger charge is 2.22. The summed E-state index contributed by atoms with van der Waals surface area (Å²) in [5.41, 5.74) is 6.64. The molecule has 0 spiro atoms. The van der Waals surface area contributed by atoms with Gasteiger partial charge in [0.2, 0.25) is 10.0 Å². The van der Waals surface area contributed by atoms with Crippen molar-refractivity contribution in [3.63, 3.8) is 0 Å². The summed E-state index contributed by atoms with van der Waals surface area (Å²) in [6.07, 6.45) is 0.701. The summed E-state index contributed by atoms with van der Waals surface area (Å²) in [6.45, 7) is 6.21. The number of benzene rings is 2. The van der Waals surface area contributed by atoms with Crippen LogP contribution < -0.4 is 20.3 Å². The Morgan fingerprint density at radius 3 is 2.64 bits per heavy atom. The van der Waals surface area contributed by atoms with E-state index in [0.29, 0.717) is 12.4 Å². The SMILES string of the molecule is Cc1cccc(OC(C)C(=O)NNC(=O)c2cccc(S(=O)(=O)NCC3CCCO3)c2)c1C. The molecule has 2 aromatic carbocycles. The first-order valence-electron chi connectivity index (χ1n) is 10.7. The maximum absolute atomic E-state index is 12.6. The van der Waals surface area contributed by atoms with Crippen molar-refractivity contribution in [3.05, 3.63) is 59.2 Å². The van der Waals surface area contributed by atoms with E-state index in [1.165, 1.54) is 24.3 Å². The van der Waals surface area contributed by atoms with Gasteiger partial charge in [-0.3, -0.25) is 20.4 Å². The molecular formula is C23H29N3O6S. The third kappa shape index (κ3) is 6.53. The quantitative estimate of drug-likeness (QED) is 0.502. The smallest absolute Gasteiger partial charge is 0.279 e. The standard InChI is InChI=1S/C23H29N3O6S/c1-15-7-4-11-21(16(15)2)32-17(3)22(27)25-26-23(28)18-8-5-10-20(13-18)33(29,30)24-14-19-9-6-12-31-19/h4-5,7-8,10-11,13,17,19,24H,6,9,12,14H2,1-3H3,(H,25,27)(H,26,28). The first kappa shape index (κ1) is 24.7. The highest BCUT2D eigenvalue weighted by atomic mass is 32.2. The van der Waals surface area contributed by atoms with Gasteiger partial charge in [-0.15, -0.1) is 0 Å². The van der Waals surface area contributed by atoms with E-state index < -0.39 is 27.9 Å². The number of hydrogen-bond acceptors (Lipinski definition) is 6. The first-order valence-corrected chi connectivity index (χ1v) is 12.2. The van der Waals surface area contributed by atoms with Crippen LogP contribution in [0, 0.1) is 13.8 Å². The first-order chi connectivity index (χ1) is 15.7. The van der Waals surface area contributed by atoms with E-state index in [1.807, 2.05) is 26.0 Å². The number of hydrazine groups is 1. The predicted octanol–water partition coefficient (Wildman–Crippen LogP) is 1.99. The van der Waals surface area contributed by atoms with Crippen LogP contribution in [-0.2, 0) is 19.6 Å². The zero-order chi connectivity index (χ0) is 24.0. The van der Waals surface area contributed by atoms with Gasteiger partial charge >= 0.3 is 0 Å². The lowest BCUT2D eigenvalue weighted by atomic mass is 10.1. The monoisotopic (exact) mass is 475 g/mol. The number of carbonyl (C=O) groups excluding carboxylic acids is 2. The molecule has 9 nitrogen and oxygen atoms in total. The molecule has 3 rings (SSSR count). The highest BCUT2D eigenvalue weighted by molar-refractivity contribution is 7.89. The Hall–Kier alpha value is -2.95. The molecule has 2 amide bonds. The summed E-state index contributed by atoms with van der Waals surface area (Å²) < 4.78 is 38.8. The fourth-order valence-electron chi connectivity index (χ4n) is 3.28. The number of sulfonamides is 1. The molecule has 1 saturated heterocycles.